The van der Waals surface area contributed by atoms with E-state index in [0.29, 0.717) is 12.2 Å². The number of benzene rings is 1. The minimum Gasteiger partial charge on any atom is -0.293 e. The van der Waals surface area contributed by atoms with Gasteiger partial charge in [0.15, 0.2) is 0 Å². The van der Waals surface area contributed by atoms with Gasteiger partial charge in [0.1, 0.15) is 0 Å². The van der Waals surface area contributed by atoms with Crippen LogP contribution in [0.3, 0.4) is 0 Å². The molecule has 0 spiro atoms. The average molecular weight is 333 g/mol. The van der Waals surface area contributed by atoms with Crippen LogP contribution in [0, 0.1) is 6.92 Å². The smallest absolute Gasteiger partial charge is 0.293 e. The Hall–Kier alpha value is -1.35. The van der Waals surface area contributed by atoms with Crippen molar-refractivity contribution >= 4 is 5.97 Å². The molecule has 0 heterocycles. The predicted molar refractivity (Wildman–Crippen MR) is 98.6 cm³/mol. The lowest BCUT2D eigenvalue weighted by Gasteiger charge is -2.04. The first-order chi connectivity index (χ1) is 11.8. The standard InChI is InChI=1S/C21H33O3/c1-2-3-4-5-6-7-8-9-10-11-12-16-19-23-24-21(22)20-17-14-13-15-18-20/h13-15,17-18H,1-12,16,19H2. The molecule has 3 heteroatoms. The minimum atomic E-state index is -0.425. The van der Waals surface area contributed by atoms with Gasteiger partial charge in [-0.15, -0.1) is 0 Å². The van der Waals surface area contributed by atoms with Crippen LogP contribution < -0.4 is 0 Å². The molecule has 3 nitrogen and oxygen atoms in total. The van der Waals surface area contributed by atoms with Gasteiger partial charge in [0.05, 0.1) is 12.2 Å². The molecule has 0 aromatic heterocycles. The fourth-order valence-electron chi connectivity index (χ4n) is 2.65. The van der Waals surface area contributed by atoms with Gasteiger partial charge >= 0.3 is 5.97 Å². The largest absolute Gasteiger partial charge is 0.373 e. The Morgan fingerprint density at radius 2 is 1.25 bits per heavy atom. The maximum absolute atomic E-state index is 11.6. The number of carbonyl (C=O) groups is 1. The third-order valence-electron chi connectivity index (χ3n) is 4.12. The summed E-state index contributed by atoms with van der Waals surface area (Å²) in [5.74, 6) is -0.425. The van der Waals surface area contributed by atoms with Crippen LogP contribution >= 0.6 is 0 Å². The molecular formula is C21H33O3. The third kappa shape index (κ3) is 11.2. The highest BCUT2D eigenvalue weighted by Gasteiger charge is 2.06. The summed E-state index contributed by atoms with van der Waals surface area (Å²) in [5.41, 5.74) is 0.517. The molecule has 0 fully saturated rings. The summed E-state index contributed by atoms with van der Waals surface area (Å²) in [6.07, 6.45) is 15.1. The molecule has 0 saturated heterocycles. The van der Waals surface area contributed by atoms with Crippen LogP contribution in [-0.4, -0.2) is 12.6 Å². The molecule has 0 amide bonds. The Kier molecular flexibility index (Phi) is 13.1. The second kappa shape index (κ2) is 15.2. The highest BCUT2D eigenvalue weighted by molar-refractivity contribution is 5.88. The van der Waals surface area contributed by atoms with Crippen LogP contribution in [0.4, 0.5) is 0 Å². The molecule has 0 aliphatic rings. The van der Waals surface area contributed by atoms with E-state index in [0.717, 1.165) is 19.3 Å². The van der Waals surface area contributed by atoms with E-state index in [1.54, 1.807) is 24.3 Å². The van der Waals surface area contributed by atoms with E-state index in [1.807, 2.05) is 6.07 Å². The molecule has 1 aromatic rings. The first kappa shape index (κ1) is 20.7. The molecule has 0 saturated carbocycles. The monoisotopic (exact) mass is 333 g/mol. The van der Waals surface area contributed by atoms with Crippen molar-refractivity contribution in [1.29, 1.82) is 0 Å². The molecule has 0 atom stereocenters. The lowest BCUT2D eigenvalue weighted by Crippen LogP contribution is -2.06. The topological polar surface area (TPSA) is 35.5 Å². The van der Waals surface area contributed by atoms with Crippen molar-refractivity contribution in [2.75, 3.05) is 6.61 Å². The molecule has 0 aliphatic carbocycles. The van der Waals surface area contributed by atoms with E-state index in [1.165, 1.54) is 57.8 Å². The molecule has 0 N–H and O–H groups in total. The van der Waals surface area contributed by atoms with Gasteiger partial charge in [-0.2, -0.15) is 4.89 Å². The molecule has 0 bridgehead atoms. The molecule has 1 radical (unpaired) electrons. The Bertz CT molecular complexity index is 403. The molecule has 1 rings (SSSR count). The van der Waals surface area contributed by atoms with Gasteiger partial charge in [0.25, 0.3) is 0 Å². The van der Waals surface area contributed by atoms with E-state index in [-0.39, 0.29) is 0 Å². The summed E-state index contributed by atoms with van der Waals surface area (Å²) < 4.78 is 0. The van der Waals surface area contributed by atoms with Crippen molar-refractivity contribution in [1.82, 2.24) is 0 Å². The first-order valence-electron chi connectivity index (χ1n) is 9.52. The summed E-state index contributed by atoms with van der Waals surface area (Å²) in [6, 6.07) is 8.90. The van der Waals surface area contributed by atoms with Crippen molar-refractivity contribution in [3.63, 3.8) is 0 Å². The predicted octanol–water partition coefficient (Wildman–Crippen LogP) is 6.29. The summed E-state index contributed by atoms with van der Waals surface area (Å²) in [7, 11) is 0. The van der Waals surface area contributed by atoms with Gasteiger partial charge in [-0.05, 0) is 18.6 Å². The summed E-state index contributed by atoms with van der Waals surface area (Å²) in [6.45, 7) is 4.35. The van der Waals surface area contributed by atoms with Crippen molar-refractivity contribution < 1.29 is 14.6 Å². The van der Waals surface area contributed by atoms with Crippen molar-refractivity contribution in [2.24, 2.45) is 0 Å². The Balaban J connectivity index is 1.80. The number of hydrogen-bond acceptors (Lipinski definition) is 3. The SMILES string of the molecule is [CH2]CCCCCCCCCCCCCOOC(=O)c1ccccc1. The van der Waals surface area contributed by atoms with Crippen molar-refractivity contribution in [3.05, 3.63) is 42.8 Å². The zero-order valence-electron chi connectivity index (χ0n) is 15.0. The van der Waals surface area contributed by atoms with Gasteiger partial charge in [-0.3, -0.25) is 4.89 Å². The van der Waals surface area contributed by atoms with Crippen LogP contribution in [0.2, 0.25) is 0 Å². The quantitative estimate of drug-likeness (QED) is 0.215. The zero-order chi connectivity index (χ0) is 17.3. The van der Waals surface area contributed by atoms with Crippen molar-refractivity contribution in [2.45, 2.75) is 77.0 Å². The molecule has 1 aromatic carbocycles. The molecule has 0 aliphatic heterocycles. The fourth-order valence-corrected chi connectivity index (χ4v) is 2.65. The van der Waals surface area contributed by atoms with Crippen LogP contribution in [-0.2, 0) is 9.78 Å². The van der Waals surface area contributed by atoms with Gasteiger partial charge in [0.2, 0.25) is 0 Å². The highest BCUT2D eigenvalue weighted by Crippen LogP contribution is 2.12. The minimum absolute atomic E-state index is 0.425. The number of unbranched alkanes of at least 4 members (excludes halogenated alkanes) is 11. The van der Waals surface area contributed by atoms with Gasteiger partial charge in [0, 0.05) is 0 Å². The number of rotatable bonds is 15. The van der Waals surface area contributed by atoms with Crippen LogP contribution in [0.5, 0.6) is 0 Å². The number of hydrogen-bond donors (Lipinski definition) is 0. The molecule has 135 valence electrons. The van der Waals surface area contributed by atoms with Crippen LogP contribution in [0.15, 0.2) is 30.3 Å². The molecule has 0 unspecified atom stereocenters. The number of carbonyl (C=O) groups excluding carboxylic acids is 1. The van der Waals surface area contributed by atoms with Crippen LogP contribution in [0.1, 0.15) is 87.4 Å². The van der Waals surface area contributed by atoms with E-state index in [9.17, 15) is 4.79 Å². The maximum Gasteiger partial charge on any atom is 0.373 e. The maximum atomic E-state index is 11.6. The molecule has 24 heavy (non-hydrogen) atoms. The highest BCUT2D eigenvalue weighted by atomic mass is 17.2. The Morgan fingerprint density at radius 1 is 0.750 bits per heavy atom. The second-order valence-electron chi connectivity index (χ2n) is 6.30. The lowest BCUT2D eigenvalue weighted by atomic mass is 10.1. The van der Waals surface area contributed by atoms with E-state index in [4.69, 9.17) is 9.78 Å². The van der Waals surface area contributed by atoms with Crippen LogP contribution in [0.25, 0.3) is 0 Å². The van der Waals surface area contributed by atoms with E-state index >= 15 is 0 Å². The second-order valence-corrected chi connectivity index (χ2v) is 6.30. The first-order valence-corrected chi connectivity index (χ1v) is 9.52. The molecular weight excluding hydrogens is 300 g/mol. The fraction of sp³-hybridized carbons (Fsp3) is 0.619. The van der Waals surface area contributed by atoms with E-state index in [2.05, 4.69) is 6.92 Å². The summed E-state index contributed by atoms with van der Waals surface area (Å²) in [5, 5.41) is 0. The van der Waals surface area contributed by atoms with Crippen molar-refractivity contribution in [3.8, 4) is 0 Å². The Labute approximate surface area is 147 Å². The summed E-state index contributed by atoms with van der Waals surface area (Å²) >= 11 is 0. The average Bonchev–Trinajstić information content (AvgIpc) is 2.62. The zero-order valence-corrected chi connectivity index (χ0v) is 15.0. The third-order valence-corrected chi connectivity index (χ3v) is 4.12. The normalized spacial score (nSPS) is 10.7. The van der Waals surface area contributed by atoms with E-state index < -0.39 is 5.97 Å². The van der Waals surface area contributed by atoms with Gasteiger partial charge < -0.3 is 0 Å². The Morgan fingerprint density at radius 3 is 1.79 bits per heavy atom. The van der Waals surface area contributed by atoms with Gasteiger partial charge in [-0.25, -0.2) is 4.79 Å². The summed E-state index contributed by atoms with van der Waals surface area (Å²) in [4.78, 5) is 21.4. The lowest BCUT2D eigenvalue weighted by molar-refractivity contribution is -0.241. The van der Waals surface area contributed by atoms with Gasteiger partial charge in [-0.1, -0.05) is 95.8 Å².